The highest BCUT2D eigenvalue weighted by atomic mass is 32.1. The van der Waals surface area contributed by atoms with Crippen molar-refractivity contribution < 1.29 is 0 Å². The van der Waals surface area contributed by atoms with Gasteiger partial charge in [-0.25, -0.2) is 4.98 Å². The molecular formula is C10H6N2S. The van der Waals surface area contributed by atoms with E-state index in [1.807, 2.05) is 35.7 Å². The molecule has 0 bridgehead atoms. The maximum Gasteiger partial charge on any atom is 0.141 e. The first-order valence-electron chi connectivity index (χ1n) is 3.81. The lowest BCUT2D eigenvalue weighted by Gasteiger charge is -1.95. The van der Waals surface area contributed by atoms with E-state index in [9.17, 15) is 0 Å². The lowest BCUT2D eigenvalue weighted by molar-refractivity contribution is 1.27. The molecule has 0 saturated heterocycles. The molecule has 2 nitrogen and oxygen atoms in total. The summed E-state index contributed by atoms with van der Waals surface area (Å²) in [5.41, 5.74) is 1.33. The molecule has 0 unspecified atom stereocenters. The Hall–Kier alpha value is -1.66. The Labute approximate surface area is 80.1 Å². The lowest BCUT2D eigenvalue weighted by atomic mass is 10.3. The summed E-state index contributed by atoms with van der Waals surface area (Å²) < 4.78 is 0. The fourth-order valence-corrected chi connectivity index (χ4v) is 1.75. The molecule has 2 aromatic rings. The highest BCUT2D eigenvalue weighted by Crippen LogP contribution is 2.22. The molecule has 0 aromatic carbocycles. The van der Waals surface area contributed by atoms with Crippen LogP contribution in [0.3, 0.4) is 0 Å². The first-order chi connectivity index (χ1) is 6.40. The Morgan fingerprint density at radius 3 is 2.85 bits per heavy atom. The van der Waals surface area contributed by atoms with Crippen LogP contribution in [0.5, 0.6) is 0 Å². The van der Waals surface area contributed by atoms with E-state index in [-0.39, 0.29) is 0 Å². The maximum atomic E-state index is 8.65. The van der Waals surface area contributed by atoms with Gasteiger partial charge < -0.3 is 0 Å². The standard InChI is InChI=1S/C10H6N2S/c11-7-8-3-1-4-9(12-8)10-5-2-6-13-10/h1-6H. The first-order valence-corrected chi connectivity index (χ1v) is 4.69. The highest BCUT2D eigenvalue weighted by Gasteiger charge is 2.00. The van der Waals surface area contributed by atoms with Gasteiger partial charge in [0.15, 0.2) is 0 Å². The first kappa shape index (κ1) is 7.96. The van der Waals surface area contributed by atoms with Crippen molar-refractivity contribution in [1.82, 2.24) is 4.98 Å². The molecule has 0 aliphatic carbocycles. The Morgan fingerprint density at radius 2 is 2.15 bits per heavy atom. The number of hydrogen-bond acceptors (Lipinski definition) is 3. The Morgan fingerprint density at radius 1 is 1.23 bits per heavy atom. The van der Waals surface area contributed by atoms with Gasteiger partial charge in [-0.3, -0.25) is 0 Å². The van der Waals surface area contributed by atoms with Gasteiger partial charge in [0.05, 0.1) is 10.6 Å². The monoisotopic (exact) mass is 186 g/mol. The number of nitrogens with zero attached hydrogens (tertiary/aromatic N) is 2. The van der Waals surface area contributed by atoms with E-state index < -0.39 is 0 Å². The minimum atomic E-state index is 0.464. The maximum absolute atomic E-state index is 8.65. The van der Waals surface area contributed by atoms with Crippen LogP contribution in [0.4, 0.5) is 0 Å². The van der Waals surface area contributed by atoms with Crippen molar-refractivity contribution in [2.24, 2.45) is 0 Å². The molecule has 0 atom stereocenters. The second kappa shape index (κ2) is 3.38. The zero-order valence-electron chi connectivity index (χ0n) is 6.77. The van der Waals surface area contributed by atoms with Crippen LogP contribution < -0.4 is 0 Å². The smallest absolute Gasteiger partial charge is 0.141 e. The second-order valence-corrected chi connectivity index (χ2v) is 3.44. The lowest BCUT2D eigenvalue weighted by Crippen LogP contribution is -1.83. The van der Waals surface area contributed by atoms with Crippen molar-refractivity contribution in [2.45, 2.75) is 0 Å². The SMILES string of the molecule is N#Cc1cccc(-c2cccs2)n1. The molecule has 0 radical (unpaired) electrons. The third-order valence-corrected chi connectivity index (χ3v) is 2.53. The fraction of sp³-hybridized carbons (Fsp3) is 0. The number of pyridine rings is 1. The van der Waals surface area contributed by atoms with Crippen LogP contribution in [0, 0.1) is 11.3 Å². The molecular weight excluding hydrogens is 180 g/mol. The number of thiophene rings is 1. The molecule has 2 heterocycles. The van der Waals surface area contributed by atoms with Crippen LogP contribution in [-0.4, -0.2) is 4.98 Å². The van der Waals surface area contributed by atoms with Gasteiger partial charge in [0.2, 0.25) is 0 Å². The Balaban J connectivity index is 2.49. The third kappa shape index (κ3) is 1.58. The largest absolute Gasteiger partial charge is 0.236 e. The highest BCUT2D eigenvalue weighted by molar-refractivity contribution is 7.13. The molecule has 2 rings (SSSR count). The summed E-state index contributed by atoms with van der Waals surface area (Å²) in [5.74, 6) is 0. The molecule has 0 saturated carbocycles. The van der Waals surface area contributed by atoms with Gasteiger partial charge in [-0.15, -0.1) is 11.3 Å². The van der Waals surface area contributed by atoms with Crippen molar-refractivity contribution >= 4 is 11.3 Å². The van der Waals surface area contributed by atoms with Crippen LogP contribution in [-0.2, 0) is 0 Å². The van der Waals surface area contributed by atoms with E-state index >= 15 is 0 Å². The molecule has 0 fully saturated rings. The predicted octanol–water partition coefficient (Wildman–Crippen LogP) is 2.68. The van der Waals surface area contributed by atoms with Gasteiger partial charge in [-0.1, -0.05) is 12.1 Å². The van der Waals surface area contributed by atoms with Gasteiger partial charge in [0.1, 0.15) is 11.8 Å². The summed E-state index contributed by atoms with van der Waals surface area (Å²) >= 11 is 1.62. The average Bonchev–Trinajstić information content (AvgIpc) is 2.71. The summed E-state index contributed by atoms with van der Waals surface area (Å²) in [5, 5.41) is 10.6. The molecule has 0 aliphatic heterocycles. The fourth-order valence-electron chi connectivity index (χ4n) is 1.06. The van der Waals surface area contributed by atoms with Crippen LogP contribution in [0.2, 0.25) is 0 Å². The minimum absolute atomic E-state index is 0.464. The number of aromatic nitrogens is 1. The predicted molar refractivity (Wildman–Crippen MR) is 52.3 cm³/mol. The van der Waals surface area contributed by atoms with E-state index in [4.69, 9.17) is 5.26 Å². The summed E-state index contributed by atoms with van der Waals surface area (Å²) in [4.78, 5) is 5.28. The van der Waals surface area contributed by atoms with Crippen molar-refractivity contribution in [3.05, 3.63) is 41.4 Å². The van der Waals surface area contributed by atoms with Gasteiger partial charge in [0.25, 0.3) is 0 Å². The van der Waals surface area contributed by atoms with E-state index in [1.54, 1.807) is 17.4 Å². The molecule has 2 aromatic heterocycles. The van der Waals surface area contributed by atoms with Gasteiger partial charge in [-0.2, -0.15) is 5.26 Å². The quantitative estimate of drug-likeness (QED) is 0.686. The normalized spacial score (nSPS) is 9.46. The van der Waals surface area contributed by atoms with Gasteiger partial charge >= 0.3 is 0 Å². The summed E-state index contributed by atoms with van der Waals surface area (Å²) in [6.45, 7) is 0. The van der Waals surface area contributed by atoms with E-state index in [2.05, 4.69) is 4.98 Å². The zero-order valence-corrected chi connectivity index (χ0v) is 7.58. The average molecular weight is 186 g/mol. The van der Waals surface area contributed by atoms with E-state index in [0.29, 0.717) is 5.69 Å². The Kier molecular flexibility index (Phi) is 2.07. The molecule has 3 heteroatoms. The van der Waals surface area contributed by atoms with Crippen molar-refractivity contribution in [2.75, 3.05) is 0 Å². The molecule has 0 amide bonds. The summed E-state index contributed by atoms with van der Waals surface area (Å²) in [7, 11) is 0. The van der Waals surface area contributed by atoms with Crippen LogP contribution in [0.15, 0.2) is 35.7 Å². The summed E-state index contributed by atoms with van der Waals surface area (Å²) in [6.07, 6.45) is 0. The third-order valence-electron chi connectivity index (χ3n) is 1.64. The Bertz CT molecular complexity index is 440. The summed E-state index contributed by atoms with van der Waals surface area (Å²) in [6, 6.07) is 11.5. The van der Waals surface area contributed by atoms with Crippen LogP contribution >= 0.6 is 11.3 Å². The van der Waals surface area contributed by atoms with Crippen molar-refractivity contribution in [1.29, 1.82) is 5.26 Å². The number of nitriles is 1. The van der Waals surface area contributed by atoms with Crippen LogP contribution in [0.1, 0.15) is 5.69 Å². The van der Waals surface area contributed by atoms with E-state index in [1.165, 1.54) is 0 Å². The topological polar surface area (TPSA) is 36.7 Å². The zero-order chi connectivity index (χ0) is 9.10. The van der Waals surface area contributed by atoms with Crippen LogP contribution in [0.25, 0.3) is 10.6 Å². The van der Waals surface area contributed by atoms with Gasteiger partial charge in [0, 0.05) is 0 Å². The van der Waals surface area contributed by atoms with Crippen molar-refractivity contribution in [3.63, 3.8) is 0 Å². The molecule has 0 N–H and O–H groups in total. The number of hydrogen-bond donors (Lipinski definition) is 0. The van der Waals surface area contributed by atoms with Crippen molar-refractivity contribution in [3.8, 4) is 16.6 Å². The van der Waals surface area contributed by atoms with E-state index in [0.717, 1.165) is 10.6 Å². The van der Waals surface area contributed by atoms with Gasteiger partial charge in [-0.05, 0) is 23.6 Å². The molecule has 13 heavy (non-hydrogen) atoms. The molecule has 0 aliphatic rings. The molecule has 0 spiro atoms. The molecule has 62 valence electrons. The minimum Gasteiger partial charge on any atom is -0.236 e. The second-order valence-electron chi connectivity index (χ2n) is 2.50. The number of rotatable bonds is 1.